The summed E-state index contributed by atoms with van der Waals surface area (Å²) >= 11 is 0. The van der Waals surface area contributed by atoms with Gasteiger partial charge in [0.15, 0.2) is 0 Å². The number of rotatable bonds is 10. The molecule has 0 aromatic heterocycles. The highest BCUT2D eigenvalue weighted by atomic mass is 32.2. The van der Waals surface area contributed by atoms with Crippen molar-refractivity contribution in [2.24, 2.45) is 0 Å². The van der Waals surface area contributed by atoms with Crippen LogP contribution in [0.15, 0.2) is 47.4 Å². The van der Waals surface area contributed by atoms with Crippen LogP contribution in [0, 0.1) is 20.8 Å². The van der Waals surface area contributed by atoms with Crippen LogP contribution in [0.1, 0.15) is 37.0 Å². The van der Waals surface area contributed by atoms with Gasteiger partial charge in [-0.1, -0.05) is 23.8 Å². The maximum Gasteiger partial charge on any atom is 0.264 e. The summed E-state index contributed by atoms with van der Waals surface area (Å²) in [6.45, 7) is 10.4. The van der Waals surface area contributed by atoms with E-state index in [1.54, 1.807) is 36.4 Å². The van der Waals surface area contributed by atoms with Crippen LogP contribution < -0.4 is 9.62 Å². The zero-order valence-corrected chi connectivity index (χ0v) is 19.3. The van der Waals surface area contributed by atoms with Crippen LogP contribution in [0.5, 0.6) is 0 Å². The van der Waals surface area contributed by atoms with Crippen LogP contribution in [-0.2, 0) is 19.6 Å². The van der Waals surface area contributed by atoms with Crippen LogP contribution in [0.2, 0.25) is 0 Å². The van der Waals surface area contributed by atoms with Crippen molar-refractivity contribution >= 4 is 21.6 Å². The van der Waals surface area contributed by atoms with Crippen LogP contribution in [0.4, 0.5) is 5.69 Å². The molecule has 164 valence electrons. The first kappa shape index (κ1) is 23.9. The lowest BCUT2D eigenvalue weighted by Gasteiger charge is -2.25. The minimum Gasteiger partial charge on any atom is -0.379 e. The molecule has 2 aromatic rings. The van der Waals surface area contributed by atoms with Crippen LogP contribution in [-0.4, -0.2) is 40.1 Å². The summed E-state index contributed by atoms with van der Waals surface area (Å²) in [6, 6.07) is 12.0. The molecule has 0 aliphatic carbocycles. The molecule has 0 spiro atoms. The fraction of sp³-hybridized carbons (Fsp3) is 0.435. The Kier molecular flexibility index (Phi) is 8.43. The summed E-state index contributed by atoms with van der Waals surface area (Å²) in [5, 5.41) is 2.79. The number of amides is 1. The predicted octanol–water partition coefficient (Wildman–Crippen LogP) is 3.74. The van der Waals surface area contributed by atoms with Crippen molar-refractivity contribution in [3.63, 3.8) is 0 Å². The molecule has 2 aromatic carbocycles. The summed E-state index contributed by atoms with van der Waals surface area (Å²) < 4.78 is 33.3. The van der Waals surface area contributed by atoms with E-state index < -0.39 is 10.0 Å². The van der Waals surface area contributed by atoms with Crippen LogP contribution >= 0.6 is 0 Å². The SMILES string of the molecule is Cc1ccc(S(=O)(=O)N(CC(=O)NCCCOC(C)C)c2ccc(C)c(C)c2)cc1. The Morgan fingerprint density at radius 3 is 2.30 bits per heavy atom. The number of nitrogens with one attached hydrogen (secondary N) is 1. The van der Waals surface area contributed by atoms with Crippen LogP contribution in [0.25, 0.3) is 0 Å². The molecule has 0 aliphatic rings. The van der Waals surface area contributed by atoms with E-state index in [0.29, 0.717) is 25.3 Å². The number of hydrogen-bond donors (Lipinski definition) is 1. The summed E-state index contributed by atoms with van der Waals surface area (Å²) in [5.74, 6) is -0.353. The maximum absolute atomic E-state index is 13.4. The Balaban J connectivity index is 2.22. The van der Waals surface area contributed by atoms with Crippen molar-refractivity contribution in [3.05, 3.63) is 59.2 Å². The lowest BCUT2D eigenvalue weighted by Crippen LogP contribution is -2.41. The summed E-state index contributed by atoms with van der Waals surface area (Å²) in [7, 11) is -3.89. The van der Waals surface area contributed by atoms with Crippen molar-refractivity contribution in [1.29, 1.82) is 0 Å². The van der Waals surface area contributed by atoms with E-state index in [4.69, 9.17) is 4.74 Å². The first-order chi connectivity index (χ1) is 14.1. The Labute approximate surface area is 180 Å². The monoisotopic (exact) mass is 432 g/mol. The van der Waals surface area contributed by atoms with Gasteiger partial charge in [0.2, 0.25) is 5.91 Å². The van der Waals surface area contributed by atoms with Crippen molar-refractivity contribution < 1.29 is 17.9 Å². The summed E-state index contributed by atoms with van der Waals surface area (Å²) in [5.41, 5.74) is 3.45. The number of nitrogens with zero attached hydrogens (tertiary/aromatic N) is 1. The average Bonchev–Trinajstić information content (AvgIpc) is 2.68. The summed E-state index contributed by atoms with van der Waals surface area (Å²) in [4.78, 5) is 12.7. The van der Waals surface area contributed by atoms with Gasteiger partial charge in [-0.2, -0.15) is 0 Å². The molecule has 7 heteroatoms. The molecule has 0 radical (unpaired) electrons. The van der Waals surface area contributed by atoms with Gasteiger partial charge < -0.3 is 10.1 Å². The lowest BCUT2D eigenvalue weighted by atomic mass is 10.1. The molecule has 6 nitrogen and oxygen atoms in total. The zero-order chi connectivity index (χ0) is 22.3. The van der Waals surface area contributed by atoms with Gasteiger partial charge in [0, 0.05) is 13.2 Å². The highest BCUT2D eigenvalue weighted by molar-refractivity contribution is 7.92. The number of aryl methyl sites for hydroxylation is 3. The number of carbonyl (C=O) groups excluding carboxylic acids is 1. The number of carbonyl (C=O) groups is 1. The van der Waals surface area contributed by atoms with Crippen molar-refractivity contribution in [2.45, 2.75) is 52.0 Å². The third kappa shape index (κ3) is 6.57. The molecular weight excluding hydrogens is 400 g/mol. The van der Waals surface area contributed by atoms with E-state index in [0.717, 1.165) is 16.7 Å². The van der Waals surface area contributed by atoms with E-state index in [-0.39, 0.29) is 23.5 Å². The number of sulfonamides is 1. The molecular formula is C23H32N2O4S. The van der Waals surface area contributed by atoms with E-state index in [1.165, 1.54) is 4.31 Å². The minimum absolute atomic E-state index is 0.139. The number of benzene rings is 2. The second-order valence-corrected chi connectivity index (χ2v) is 9.58. The van der Waals surface area contributed by atoms with Gasteiger partial charge in [0.25, 0.3) is 10.0 Å². The summed E-state index contributed by atoms with van der Waals surface area (Å²) in [6.07, 6.45) is 0.804. The topological polar surface area (TPSA) is 75.7 Å². The Hall–Kier alpha value is -2.38. The van der Waals surface area contributed by atoms with Crippen molar-refractivity contribution in [3.8, 4) is 0 Å². The predicted molar refractivity (Wildman–Crippen MR) is 120 cm³/mol. The fourth-order valence-electron chi connectivity index (χ4n) is 2.84. The number of ether oxygens (including phenoxy) is 1. The van der Waals surface area contributed by atoms with E-state index in [9.17, 15) is 13.2 Å². The number of hydrogen-bond acceptors (Lipinski definition) is 4. The highest BCUT2D eigenvalue weighted by Gasteiger charge is 2.27. The lowest BCUT2D eigenvalue weighted by molar-refractivity contribution is -0.119. The molecule has 1 N–H and O–H groups in total. The minimum atomic E-state index is -3.89. The zero-order valence-electron chi connectivity index (χ0n) is 18.4. The first-order valence-corrected chi connectivity index (χ1v) is 11.6. The third-order valence-corrected chi connectivity index (χ3v) is 6.56. The van der Waals surface area contributed by atoms with Gasteiger partial charge >= 0.3 is 0 Å². The molecule has 1 amide bonds. The highest BCUT2D eigenvalue weighted by Crippen LogP contribution is 2.25. The normalized spacial score (nSPS) is 11.5. The molecule has 0 atom stereocenters. The van der Waals surface area contributed by atoms with Gasteiger partial charge in [0.05, 0.1) is 16.7 Å². The van der Waals surface area contributed by atoms with Gasteiger partial charge in [0.1, 0.15) is 6.54 Å². The molecule has 0 heterocycles. The van der Waals surface area contributed by atoms with Crippen LogP contribution in [0.3, 0.4) is 0 Å². The van der Waals surface area contributed by atoms with Crippen molar-refractivity contribution in [1.82, 2.24) is 5.32 Å². The Morgan fingerprint density at radius 2 is 1.70 bits per heavy atom. The van der Waals surface area contributed by atoms with Gasteiger partial charge in [-0.15, -0.1) is 0 Å². The van der Waals surface area contributed by atoms with E-state index >= 15 is 0 Å². The second-order valence-electron chi connectivity index (χ2n) is 7.72. The van der Waals surface area contributed by atoms with E-state index in [2.05, 4.69) is 5.32 Å². The molecule has 0 aliphatic heterocycles. The average molecular weight is 433 g/mol. The molecule has 0 unspecified atom stereocenters. The smallest absolute Gasteiger partial charge is 0.264 e. The molecule has 0 bridgehead atoms. The molecule has 30 heavy (non-hydrogen) atoms. The molecule has 2 rings (SSSR count). The third-order valence-electron chi connectivity index (χ3n) is 4.77. The quantitative estimate of drug-likeness (QED) is 0.581. The first-order valence-electron chi connectivity index (χ1n) is 10.2. The van der Waals surface area contributed by atoms with Gasteiger partial charge in [-0.25, -0.2) is 8.42 Å². The molecule has 0 saturated carbocycles. The standard InChI is InChI=1S/C23H32N2O4S/c1-17(2)29-14-6-13-24-23(26)16-25(21-10-9-19(4)20(5)15-21)30(27,28)22-11-7-18(3)8-12-22/h7-12,15,17H,6,13-14,16H2,1-5H3,(H,24,26). The fourth-order valence-corrected chi connectivity index (χ4v) is 4.25. The molecule has 0 saturated heterocycles. The van der Waals surface area contributed by atoms with E-state index in [1.807, 2.05) is 40.7 Å². The van der Waals surface area contributed by atoms with Gasteiger partial charge in [-0.3, -0.25) is 9.10 Å². The molecule has 0 fully saturated rings. The van der Waals surface area contributed by atoms with Gasteiger partial charge in [-0.05, 0) is 76.4 Å². The number of anilines is 1. The maximum atomic E-state index is 13.4. The second kappa shape index (κ2) is 10.6. The Bertz CT molecular complexity index is 954. The van der Waals surface area contributed by atoms with Crippen molar-refractivity contribution in [2.75, 3.05) is 24.0 Å². The largest absolute Gasteiger partial charge is 0.379 e. The Morgan fingerprint density at radius 1 is 1.03 bits per heavy atom.